The molecular formula is C15H23FN2. The highest BCUT2D eigenvalue weighted by Crippen LogP contribution is 2.27. The highest BCUT2D eigenvalue weighted by atomic mass is 19.1. The van der Waals surface area contributed by atoms with Crippen LogP contribution in [0, 0.1) is 11.7 Å². The van der Waals surface area contributed by atoms with E-state index in [-0.39, 0.29) is 5.82 Å². The molecule has 2 nitrogen and oxygen atoms in total. The van der Waals surface area contributed by atoms with Crippen LogP contribution in [0.3, 0.4) is 0 Å². The molecule has 0 unspecified atom stereocenters. The largest absolute Gasteiger partial charge is 0.309 e. The molecule has 1 fully saturated rings. The molecule has 3 heteroatoms. The molecule has 1 heterocycles. The van der Waals surface area contributed by atoms with Crippen LogP contribution in [0.25, 0.3) is 0 Å². The Kier molecular flexibility index (Phi) is 4.36. The van der Waals surface area contributed by atoms with Crippen LogP contribution in [0.2, 0.25) is 0 Å². The summed E-state index contributed by atoms with van der Waals surface area (Å²) in [5.41, 5.74) is 1.21. The number of halogens is 1. The summed E-state index contributed by atoms with van der Waals surface area (Å²) in [5, 5.41) is 0. The normalized spacial score (nSPS) is 22.6. The minimum Gasteiger partial charge on any atom is -0.309 e. The molecule has 0 saturated carbocycles. The van der Waals surface area contributed by atoms with E-state index in [2.05, 4.69) is 30.8 Å². The van der Waals surface area contributed by atoms with Crippen LogP contribution in [0.15, 0.2) is 24.3 Å². The van der Waals surface area contributed by atoms with E-state index in [4.69, 9.17) is 0 Å². The van der Waals surface area contributed by atoms with Gasteiger partial charge in [0.1, 0.15) is 5.82 Å². The van der Waals surface area contributed by atoms with Crippen LogP contribution in [-0.2, 0) is 0 Å². The fourth-order valence-electron chi connectivity index (χ4n) is 2.83. The van der Waals surface area contributed by atoms with Gasteiger partial charge in [-0.2, -0.15) is 0 Å². The summed E-state index contributed by atoms with van der Waals surface area (Å²) < 4.78 is 12.9. The van der Waals surface area contributed by atoms with Crippen molar-refractivity contribution in [2.24, 2.45) is 5.92 Å². The van der Waals surface area contributed by atoms with Crippen molar-refractivity contribution in [2.45, 2.75) is 19.4 Å². The van der Waals surface area contributed by atoms with Crippen LogP contribution in [0.4, 0.5) is 4.39 Å². The van der Waals surface area contributed by atoms with Gasteiger partial charge in [-0.05, 0) is 57.6 Å². The molecule has 100 valence electrons. The molecular weight excluding hydrogens is 227 g/mol. The van der Waals surface area contributed by atoms with Gasteiger partial charge in [0, 0.05) is 19.1 Å². The van der Waals surface area contributed by atoms with Gasteiger partial charge in [-0.15, -0.1) is 0 Å². The van der Waals surface area contributed by atoms with Crippen LogP contribution in [0.1, 0.15) is 24.9 Å². The van der Waals surface area contributed by atoms with Crippen LogP contribution < -0.4 is 0 Å². The number of likely N-dealkylation sites (tertiary alicyclic amines) is 1. The van der Waals surface area contributed by atoms with Gasteiger partial charge in [0.25, 0.3) is 0 Å². The number of benzene rings is 1. The van der Waals surface area contributed by atoms with Crippen molar-refractivity contribution in [3.63, 3.8) is 0 Å². The first-order chi connectivity index (χ1) is 8.56. The Morgan fingerprint density at radius 1 is 1.33 bits per heavy atom. The minimum atomic E-state index is -0.155. The Labute approximate surface area is 109 Å². The molecule has 0 amide bonds. The second-order valence-corrected chi connectivity index (χ2v) is 5.64. The summed E-state index contributed by atoms with van der Waals surface area (Å²) >= 11 is 0. The number of hydrogen-bond donors (Lipinski definition) is 0. The van der Waals surface area contributed by atoms with E-state index in [1.807, 2.05) is 12.1 Å². The first-order valence-corrected chi connectivity index (χ1v) is 6.70. The van der Waals surface area contributed by atoms with E-state index in [1.165, 1.54) is 12.0 Å². The zero-order valence-electron chi connectivity index (χ0n) is 11.6. The molecule has 1 aliphatic rings. The molecule has 18 heavy (non-hydrogen) atoms. The average Bonchev–Trinajstić information content (AvgIpc) is 2.76. The third-order valence-electron chi connectivity index (χ3n) is 3.84. The maximum atomic E-state index is 12.9. The Hall–Kier alpha value is -0.930. The van der Waals surface area contributed by atoms with Gasteiger partial charge in [-0.25, -0.2) is 4.39 Å². The zero-order chi connectivity index (χ0) is 13.1. The Balaban J connectivity index is 1.94. The maximum absolute atomic E-state index is 12.9. The zero-order valence-corrected chi connectivity index (χ0v) is 11.6. The lowest BCUT2D eigenvalue weighted by Gasteiger charge is -2.25. The van der Waals surface area contributed by atoms with Crippen molar-refractivity contribution in [1.82, 2.24) is 9.80 Å². The molecule has 1 saturated heterocycles. The summed E-state index contributed by atoms with van der Waals surface area (Å²) in [4.78, 5) is 4.76. The fourth-order valence-corrected chi connectivity index (χ4v) is 2.83. The van der Waals surface area contributed by atoms with Gasteiger partial charge in [-0.1, -0.05) is 12.1 Å². The van der Waals surface area contributed by atoms with E-state index in [0.29, 0.717) is 6.04 Å². The summed E-state index contributed by atoms with van der Waals surface area (Å²) in [6, 6.07) is 7.30. The molecule has 1 aliphatic heterocycles. The molecule has 0 aliphatic carbocycles. The van der Waals surface area contributed by atoms with Crippen molar-refractivity contribution in [3.05, 3.63) is 35.6 Å². The van der Waals surface area contributed by atoms with E-state index < -0.39 is 0 Å². The SMILES string of the molecule is C[C@@H](c1ccc(F)cc1)N1CC[C@H](CN(C)C)C1. The van der Waals surface area contributed by atoms with Crippen molar-refractivity contribution < 1.29 is 4.39 Å². The highest BCUT2D eigenvalue weighted by Gasteiger charge is 2.26. The topological polar surface area (TPSA) is 6.48 Å². The van der Waals surface area contributed by atoms with Gasteiger partial charge < -0.3 is 4.90 Å². The maximum Gasteiger partial charge on any atom is 0.123 e. The standard InChI is InChI=1S/C15H23FN2/c1-12(14-4-6-15(16)7-5-14)18-9-8-13(11-18)10-17(2)3/h4-7,12-13H,8-11H2,1-3H3/t12-,13+/m0/s1. The summed E-state index contributed by atoms with van der Waals surface area (Å²) in [6.07, 6.45) is 1.27. The lowest BCUT2D eigenvalue weighted by molar-refractivity contribution is 0.240. The molecule has 0 spiro atoms. The molecule has 2 rings (SSSR count). The third kappa shape index (κ3) is 3.30. The average molecular weight is 250 g/mol. The van der Waals surface area contributed by atoms with Crippen molar-refractivity contribution in [2.75, 3.05) is 33.7 Å². The van der Waals surface area contributed by atoms with Gasteiger partial charge in [0.05, 0.1) is 0 Å². The van der Waals surface area contributed by atoms with Crippen LogP contribution in [-0.4, -0.2) is 43.5 Å². The van der Waals surface area contributed by atoms with Crippen molar-refractivity contribution in [3.8, 4) is 0 Å². The van der Waals surface area contributed by atoms with Crippen molar-refractivity contribution >= 4 is 0 Å². The van der Waals surface area contributed by atoms with Gasteiger partial charge in [0.15, 0.2) is 0 Å². The van der Waals surface area contributed by atoms with Gasteiger partial charge in [-0.3, -0.25) is 4.90 Å². The molecule has 1 aromatic carbocycles. The second-order valence-electron chi connectivity index (χ2n) is 5.64. The minimum absolute atomic E-state index is 0.155. The number of rotatable bonds is 4. The monoisotopic (exact) mass is 250 g/mol. The molecule has 0 radical (unpaired) electrons. The molecule has 1 aromatic rings. The summed E-state index contributed by atoms with van der Waals surface area (Å²) in [6.45, 7) is 5.67. The third-order valence-corrected chi connectivity index (χ3v) is 3.84. The first-order valence-electron chi connectivity index (χ1n) is 6.70. The predicted octanol–water partition coefficient (Wildman–Crippen LogP) is 2.77. The summed E-state index contributed by atoms with van der Waals surface area (Å²) in [5.74, 6) is 0.612. The number of hydrogen-bond acceptors (Lipinski definition) is 2. The first kappa shape index (κ1) is 13.5. The Morgan fingerprint density at radius 2 is 2.00 bits per heavy atom. The van der Waals surface area contributed by atoms with E-state index in [9.17, 15) is 4.39 Å². The van der Waals surface area contributed by atoms with Crippen molar-refractivity contribution in [1.29, 1.82) is 0 Å². The fraction of sp³-hybridized carbons (Fsp3) is 0.600. The van der Waals surface area contributed by atoms with Gasteiger partial charge in [0.2, 0.25) is 0 Å². The molecule has 2 atom stereocenters. The smallest absolute Gasteiger partial charge is 0.123 e. The molecule has 0 aromatic heterocycles. The molecule has 0 bridgehead atoms. The van der Waals surface area contributed by atoms with Crippen LogP contribution >= 0.6 is 0 Å². The predicted molar refractivity (Wildman–Crippen MR) is 73.0 cm³/mol. The highest BCUT2D eigenvalue weighted by molar-refractivity contribution is 5.19. The van der Waals surface area contributed by atoms with Gasteiger partial charge >= 0.3 is 0 Å². The second kappa shape index (κ2) is 5.81. The Morgan fingerprint density at radius 3 is 2.61 bits per heavy atom. The van der Waals surface area contributed by atoms with E-state index in [0.717, 1.165) is 25.6 Å². The van der Waals surface area contributed by atoms with E-state index >= 15 is 0 Å². The summed E-state index contributed by atoms with van der Waals surface area (Å²) in [7, 11) is 4.26. The quantitative estimate of drug-likeness (QED) is 0.811. The molecule has 0 N–H and O–H groups in total. The lowest BCUT2D eigenvalue weighted by Crippen LogP contribution is -2.27. The van der Waals surface area contributed by atoms with E-state index in [1.54, 1.807) is 12.1 Å². The number of nitrogens with zero attached hydrogens (tertiary/aromatic N) is 2. The lowest BCUT2D eigenvalue weighted by atomic mass is 10.1. The van der Waals surface area contributed by atoms with Crippen LogP contribution in [0.5, 0.6) is 0 Å². The Bertz CT molecular complexity index is 375.